The van der Waals surface area contributed by atoms with Crippen molar-refractivity contribution < 1.29 is 23.9 Å². The first kappa shape index (κ1) is 25.1. The molecule has 0 atom stereocenters. The van der Waals surface area contributed by atoms with Crippen molar-refractivity contribution in [3.63, 3.8) is 0 Å². The summed E-state index contributed by atoms with van der Waals surface area (Å²) < 4.78 is 9.19. The van der Waals surface area contributed by atoms with E-state index < -0.39 is 12.2 Å². The summed E-state index contributed by atoms with van der Waals surface area (Å²) in [6.45, 7) is 0. The molecule has 3 rings (SSSR count). The van der Waals surface area contributed by atoms with E-state index in [-0.39, 0.29) is 17.8 Å². The predicted octanol–water partition coefficient (Wildman–Crippen LogP) is 5.06. The Morgan fingerprint density at radius 3 is 2.15 bits per heavy atom. The SMILES string of the molecule is COC(=O)NC(=Nc1ccc(Sc2ccccc2)cc1NC(=O)C1CCCCC1)NC(=O)OC. The van der Waals surface area contributed by atoms with Crippen molar-refractivity contribution in [2.45, 2.75) is 41.9 Å². The number of carbonyl (C=O) groups is 3. The summed E-state index contributed by atoms with van der Waals surface area (Å²) in [5, 5.41) is 7.67. The van der Waals surface area contributed by atoms with Crippen LogP contribution >= 0.6 is 11.8 Å². The molecule has 34 heavy (non-hydrogen) atoms. The normalized spacial score (nSPS) is 13.4. The summed E-state index contributed by atoms with van der Waals surface area (Å²) in [5.41, 5.74) is 0.816. The molecule has 2 aromatic rings. The van der Waals surface area contributed by atoms with E-state index >= 15 is 0 Å². The van der Waals surface area contributed by atoms with Crippen LogP contribution < -0.4 is 16.0 Å². The Hall–Kier alpha value is -3.53. The second-order valence-corrected chi connectivity index (χ2v) is 8.76. The van der Waals surface area contributed by atoms with Crippen molar-refractivity contribution in [2.75, 3.05) is 19.5 Å². The number of aliphatic imine (C=N–C) groups is 1. The molecule has 0 spiro atoms. The van der Waals surface area contributed by atoms with Crippen LogP contribution in [0.25, 0.3) is 0 Å². The third-order valence-electron chi connectivity index (χ3n) is 5.22. The Labute approximate surface area is 202 Å². The Balaban J connectivity index is 1.93. The molecule has 0 heterocycles. The van der Waals surface area contributed by atoms with Crippen LogP contribution in [0.1, 0.15) is 32.1 Å². The average Bonchev–Trinajstić information content (AvgIpc) is 2.86. The summed E-state index contributed by atoms with van der Waals surface area (Å²) in [5.74, 6) is -0.325. The molecular formula is C24H28N4O5S. The van der Waals surface area contributed by atoms with Gasteiger partial charge in [-0.15, -0.1) is 0 Å². The van der Waals surface area contributed by atoms with Gasteiger partial charge in [-0.2, -0.15) is 0 Å². The average molecular weight is 485 g/mol. The summed E-state index contributed by atoms with van der Waals surface area (Å²) in [6, 6.07) is 15.2. The van der Waals surface area contributed by atoms with Gasteiger partial charge in [0.15, 0.2) is 0 Å². The minimum absolute atomic E-state index is 0.0585. The summed E-state index contributed by atoms with van der Waals surface area (Å²) in [4.78, 5) is 42.7. The highest BCUT2D eigenvalue weighted by molar-refractivity contribution is 7.99. The molecule has 1 fully saturated rings. The van der Waals surface area contributed by atoms with Crippen LogP contribution in [0, 0.1) is 5.92 Å². The quantitative estimate of drug-likeness (QED) is 0.403. The van der Waals surface area contributed by atoms with Crippen molar-refractivity contribution in [1.29, 1.82) is 0 Å². The van der Waals surface area contributed by atoms with Gasteiger partial charge >= 0.3 is 12.2 Å². The van der Waals surface area contributed by atoms with Gasteiger partial charge in [-0.1, -0.05) is 49.2 Å². The van der Waals surface area contributed by atoms with E-state index in [1.807, 2.05) is 42.5 Å². The number of ether oxygens (including phenoxy) is 2. The number of alkyl carbamates (subject to hydrolysis) is 2. The van der Waals surface area contributed by atoms with Gasteiger partial charge in [-0.25, -0.2) is 14.6 Å². The van der Waals surface area contributed by atoms with Gasteiger partial charge in [-0.05, 0) is 43.2 Å². The zero-order valence-corrected chi connectivity index (χ0v) is 19.9. The van der Waals surface area contributed by atoms with Gasteiger partial charge in [0.2, 0.25) is 11.9 Å². The van der Waals surface area contributed by atoms with Gasteiger partial charge in [0.05, 0.1) is 25.6 Å². The lowest BCUT2D eigenvalue weighted by molar-refractivity contribution is -0.120. The first-order chi connectivity index (χ1) is 16.5. The molecule has 1 aliphatic rings. The molecule has 0 aromatic heterocycles. The van der Waals surface area contributed by atoms with Gasteiger partial charge in [0.25, 0.3) is 0 Å². The van der Waals surface area contributed by atoms with Gasteiger partial charge in [-0.3, -0.25) is 15.4 Å². The van der Waals surface area contributed by atoms with Crippen molar-refractivity contribution in [2.24, 2.45) is 10.9 Å². The minimum atomic E-state index is -0.820. The van der Waals surface area contributed by atoms with Crippen molar-refractivity contribution >= 4 is 47.2 Å². The number of methoxy groups -OCH3 is 2. The van der Waals surface area contributed by atoms with E-state index in [1.165, 1.54) is 14.2 Å². The number of nitrogens with zero attached hydrogens (tertiary/aromatic N) is 1. The Morgan fingerprint density at radius 2 is 1.53 bits per heavy atom. The lowest BCUT2D eigenvalue weighted by Crippen LogP contribution is -2.43. The summed E-state index contributed by atoms with van der Waals surface area (Å²) >= 11 is 1.54. The number of nitrogens with one attached hydrogen (secondary N) is 3. The van der Waals surface area contributed by atoms with E-state index in [4.69, 9.17) is 0 Å². The third kappa shape index (κ3) is 7.51. The number of anilines is 1. The first-order valence-electron chi connectivity index (χ1n) is 10.9. The number of benzene rings is 2. The fraction of sp³-hybridized carbons (Fsp3) is 0.333. The molecule has 10 heteroatoms. The number of rotatable bonds is 5. The lowest BCUT2D eigenvalue weighted by Gasteiger charge is -2.21. The number of guanidine groups is 1. The molecule has 9 nitrogen and oxygen atoms in total. The minimum Gasteiger partial charge on any atom is -0.453 e. The molecule has 0 bridgehead atoms. The molecule has 2 aromatic carbocycles. The number of hydrogen-bond donors (Lipinski definition) is 3. The topological polar surface area (TPSA) is 118 Å². The zero-order valence-electron chi connectivity index (χ0n) is 19.1. The van der Waals surface area contributed by atoms with Crippen molar-refractivity contribution in [3.8, 4) is 0 Å². The highest BCUT2D eigenvalue weighted by atomic mass is 32.2. The standard InChI is InChI=1S/C24H28N4O5S/c1-32-23(30)27-22(28-24(31)33-2)26-19-14-13-18(34-17-11-7-4-8-12-17)15-20(19)25-21(29)16-9-5-3-6-10-16/h4,7-8,11-16H,3,5-6,9-10H2,1-2H3,(H,25,29)(H2,26,27,28,30,31). The van der Waals surface area contributed by atoms with E-state index in [9.17, 15) is 14.4 Å². The fourth-order valence-electron chi connectivity index (χ4n) is 3.50. The molecule has 1 saturated carbocycles. The highest BCUT2D eigenvalue weighted by Gasteiger charge is 2.22. The maximum absolute atomic E-state index is 13.0. The Morgan fingerprint density at radius 1 is 0.882 bits per heavy atom. The maximum atomic E-state index is 13.0. The molecule has 180 valence electrons. The van der Waals surface area contributed by atoms with Crippen molar-refractivity contribution in [3.05, 3.63) is 48.5 Å². The smallest absolute Gasteiger partial charge is 0.413 e. The molecular weight excluding hydrogens is 456 g/mol. The maximum Gasteiger partial charge on any atom is 0.413 e. The van der Waals surface area contributed by atoms with E-state index in [2.05, 4.69) is 30.4 Å². The van der Waals surface area contributed by atoms with Gasteiger partial charge in [0.1, 0.15) is 0 Å². The van der Waals surface area contributed by atoms with Crippen LogP contribution in [0.4, 0.5) is 21.0 Å². The van der Waals surface area contributed by atoms with E-state index in [0.717, 1.165) is 41.9 Å². The van der Waals surface area contributed by atoms with Crippen LogP contribution in [0.5, 0.6) is 0 Å². The Kier molecular flexibility index (Phi) is 9.33. The van der Waals surface area contributed by atoms with Crippen LogP contribution in [0.15, 0.2) is 63.3 Å². The lowest BCUT2D eigenvalue weighted by atomic mass is 9.88. The molecule has 3 N–H and O–H groups in total. The fourth-order valence-corrected chi connectivity index (χ4v) is 4.38. The van der Waals surface area contributed by atoms with Crippen LogP contribution in [-0.4, -0.2) is 38.3 Å². The largest absolute Gasteiger partial charge is 0.453 e. The van der Waals surface area contributed by atoms with E-state index in [1.54, 1.807) is 17.8 Å². The molecule has 0 saturated heterocycles. The second-order valence-electron chi connectivity index (χ2n) is 7.61. The van der Waals surface area contributed by atoms with Crippen LogP contribution in [-0.2, 0) is 14.3 Å². The van der Waals surface area contributed by atoms with Gasteiger partial charge in [0, 0.05) is 15.7 Å². The van der Waals surface area contributed by atoms with Crippen molar-refractivity contribution in [1.82, 2.24) is 10.6 Å². The third-order valence-corrected chi connectivity index (χ3v) is 6.22. The number of carbonyl (C=O) groups excluding carboxylic acids is 3. The number of amides is 3. The zero-order chi connectivity index (χ0) is 24.3. The number of hydrogen-bond acceptors (Lipinski definition) is 7. The predicted molar refractivity (Wildman–Crippen MR) is 130 cm³/mol. The van der Waals surface area contributed by atoms with E-state index in [0.29, 0.717) is 11.4 Å². The second kappa shape index (κ2) is 12.6. The molecule has 0 aliphatic heterocycles. The molecule has 0 unspecified atom stereocenters. The summed E-state index contributed by atoms with van der Waals surface area (Å²) in [7, 11) is 2.38. The molecule has 1 aliphatic carbocycles. The Bertz CT molecular complexity index is 1020. The van der Waals surface area contributed by atoms with Crippen LogP contribution in [0.2, 0.25) is 0 Å². The molecule has 3 amide bonds. The van der Waals surface area contributed by atoms with Gasteiger partial charge < -0.3 is 14.8 Å². The summed E-state index contributed by atoms with van der Waals surface area (Å²) in [6.07, 6.45) is 3.26. The molecule has 0 radical (unpaired) electrons. The van der Waals surface area contributed by atoms with Crippen LogP contribution in [0.3, 0.4) is 0 Å². The first-order valence-corrected chi connectivity index (χ1v) is 11.8. The monoisotopic (exact) mass is 484 g/mol. The highest BCUT2D eigenvalue weighted by Crippen LogP contribution is 2.35.